The fourth-order valence-electron chi connectivity index (χ4n) is 1.86. The summed E-state index contributed by atoms with van der Waals surface area (Å²) in [6.07, 6.45) is 2.31. The second-order valence-electron chi connectivity index (χ2n) is 5.46. The van der Waals surface area contributed by atoms with Crippen molar-refractivity contribution in [1.82, 2.24) is 5.32 Å². The third-order valence-corrected chi connectivity index (χ3v) is 3.51. The molecular weight excluding hydrogens is 268 g/mol. The van der Waals surface area contributed by atoms with Gasteiger partial charge in [-0.2, -0.15) is 0 Å². The van der Waals surface area contributed by atoms with Crippen molar-refractivity contribution in [3.63, 3.8) is 0 Å². The number of rotatable bonds is 7. The fourth-order valence-corrected chi connectivity index (χ4v) is 1.86. The fraction of sp³-hybridized carbons (Fsp3) is 0.500. The van der Waals surface area contributed by atoms with Crippen LogP contribution >= 0.6 is 0 Å². The molecular formula is C16H22N2O3. The highest BCUT2D eigenvalue weighted by atomic mass is 16.5. The number of carbonyl (C=O) groups excluding carboxylic acids is 2. The molecule has 0 radical (unpaired) electrons. The van der Waals surface area contributed by atoms with Crippen LogP contribution < -0.4 is 10.6 Å². The predicted octanol–water partition coefficient (Wildman–Crippen LogP) is 1.73. The second-order valence-corrected chi connectivity index (χ2v) is 5.46. The van der Waals surface area contributed by atoms with Gasteiger partial charge in [-0.3, -0.25) is 9.59 Å². The van der Waals surface area contributed by atoms with E-state index in [9.17, 15) is 9.59 Å². The average molecular weight is 290 g/mol. The first-order valence-corrected chi connectivity index (χ1v) is 7.30. The van der Waals surface area contributed by atoms with Crippen LogP contribution in [0.3, 0.4) is 0 Å². The number of benzene rings is 1. The third kappa shape index (κ3) is 5.19. The summed E-state index contributed by atoms with van der Waals surface area (Å²) in [7, 11) is 1.61. The van der Waals surface area contributed by atoms with Gasteiger partial charge < -0.3 is 15.4 Å². The summed E-state index contributed by atoms with van der Waals surface area (Å²) < 4.78 is 5.53. The summed E-state index contributed by atoms with van der Waals surface area (Å²) in [5.41, 5.74) is 1.62. The van der Waals surface area contributed by atoms with Crippen LogP contribution in [0.15, 0.2) is 24.3 Å². The Morgan fingerprint density at radius 1 is 1.29 bits per heavy atom. The van der Waals surface area contributed by atoms with Crippen molar-refractivity contribution in [3.05, 3.63) is 29.8 Å². The molecule has 0 aliphatic heterocycles. The van der Waals surface area contributed by atoms with Crippen LogP contribution in [0.5, 0.6) is 0 Å². The summed E-state index contributed by atoms with van der Waals surface area (Å²) in [4.78, 5) is 23.2. The number of hydrogen-bond acceptors (Lipinski definition) is 3. The van der Waals surface area contributed by atoms with Gasteiger partial charge in [-0.25, -0.2) is 0 Å². The van der Waals surface area contributed by atoms with E-state index in [2.05, 4.69) is 10.6 Å². The van der Waals surface area contributed by atoms with Gasteiger partial charge in [0.05, 0.1) is 13.0 Å². The van der Waals surface area contributed by atoms with Crippen molar-refractivity contribution in [1.29, 1.82) is 0 Å². The van der Waals surface area contributed by atoms with Crippen LogP contribution in [0.1, 0.15) is 25.3 Å². The summed E-state index contributed by atoms with van der Waals surface area (Å²) in [5.74, 6) is 0.466. The van der Waals surface area contributed by atoms with Crippen molar-refractivity contribution in [2.75, 3.05) is 19.0 Å². The van der Waals surface area contributed by atoms with Gasteiger partial charge in [-0.1, -0.05) is 12.1 Å². The quantitative estimate of drug-likeness (QED) is 0.803. The van der Waals surface area contributed by atoms with E-state index >= 15 is 0 Å². The molecule has 114 valence electrons. The summed E-state index contributed by atoms with van der Waals surface area (Å²) in [6, 6.07) is 7.26. The van der Waals surface area contributed by atoms with Crippen LogP contribution in [0.4, 0.5) is 5.69 Å². The second kappa shape index (κ2) is 7.22. The van der Waals surface area contributed by atoms with Crippen LogP contribution in [-0.4, -0.2) is 31.6 Å². The average Bonchev–Trinajstić information content (AvgIpc) is 3.30. The predicted molar refractivity (Wildman–Crippen MR) is 81.0 cm³/mol. The number of nitrogens with one attached hydrogen (secondary N) is 2. The molecule has 2 amide bonds. The first kappa shape index (κ1) is 15.5. The molecule has 0 heterocycles. The SMILES string of the molecule is CNC(=O)Cc1ccc(NC(=O)[C@H](C)OCC2CC2)cc1. The van der Waals surface area contributed by atoms with Crippen LogP contribution in [-0.2, 0) is 20.7 Å². The molecule has 5 nitrogen and oxygen atoms in total. The Labute approximate surface area is 125 Å². The minimum Gasteiger partial charge on any atom is -0.368 e. The Kier molecular flexibility index (Phi) is 5.33. The molecule has 0 aromatic heterocycles. The lowest BCUT2D eigenvalue weighted by molar-refractivity contribution is -0.126. The van der Waals surface area contributed by atoms with Crippen molar-refractivity contribution in [2.45, 2.75) is 32.3 Å². The molecule has 1 aliphatic carbocycles. The van der Waals surface area contributed by atoms with Crippen molar-refractivity contribution < 1.29 is 14.3 Å². The number of amides is 2. The zero-order chi connectivity index (χ0) is 15.2. The minimum absolute atomic E-state index is 0.0334. The van der Waals surface area contributed by atoms with Gasteiger partial charge in [0, 0.05) is 12.7 Å². The number of carbonyl (C=O) groups is 2. The molecule has 1 atom stereocenters. The smallest absolute Gasteiger partial charge is 0.253 e. The number of anilines is 1. The first-order chi connectivity index (χ1) is 10.1. The van der Waals surface area contributed by atoms with Gasteiger partial charge in [-0.05, 0) is 43.4 Å². The Morgan fingerprint density at radius 2 is 1.95 bits per heavy atom. The minimum atomic E-state index is -0.448. The van der Waals surface area contributed by atoms with Crippen molar-refractivity contribution in [3.8, 4) is 0 Å². The van der Waals surface area contributed by atoms with E-state index in [1.807, 2.05) is 12.1 Å². The molecule has 2 N–H and O–H groups in total. The Morgan fingerprint density at radius 3 is 2.52 bits per heavy atom. The topological polar surface area (TPSA) is 67.4 Å². The van der Waals surface area contributed by atoms with Gasteiger partial charge in [0.25, 0.3) is 5.91 Å². The van der Waals surface area contributed by atoms with E-state index in [0.717, 1.165) is 5.56 Å². The van der Waals surface area contributed by atoms with E-state index < -0.39 is 6.10 Å². The molecule has 1 saturated carbocycles. The normalized spacial score (nSPS) is 15.3. The molecule has 5 heteroatoms. The molecule has 0 bridgehead atoms. The van der Waals surface area contributed by atoms with Gasteiger partial charge in [0.1, 0.15) is 6.10 Å². The van der Waals surface area contributed by atoms with E-state index in [4.69, 9.17) is 4.74 Å². The number of ether oxygens (including phenoxy) is 1. The van der Waals surface area contributed by atoms with Gasteiger partial charge >= 0.3 is 0 Å². The van der Waals surface area contributed by atoms with Crippen LogP contribution in [0.25, 0.3) is 0 Å². The third-order valence-electron chi connectivity index (χ3n) is 3.51. The lowest BCUT2D eigenvalue weighted by Crippen LogP contribution is -2.28. The van der Waals surface area contributed by atoms with Gasteiger partial charge in [0.15, 0.2) is 0 Å². The summed E-state index contributed by atoms with van der Waals surface area (Å²) >= 11 is 0. The largest absolute Gasteiger partial charge is 0.368 e. The van der Waals surface area contributed by atoms with Gasteiger partial charge in [-0.15, -0.1) is 0 Å². The van der Waals surface area contributed by atoms with Crippen molar-refractivity contribution >= 4 is 17.5 Å². The molecule has 0 saturated heterocycles. The Hall–Kier alpha value is -1.88. The Bertz CT molecular complexity index is 495. The highest BCUT2D eigenvalue weighted by molar-refractivity contribution is 5.93. The molecule has 0 unspecified atom stereocenters. The molecule has 2 rings (SSSR count). The lowest BCUT2D eigenvalue weighted by Gasteiger charge is -2.13. The van der Waals surface area contributed by atoms with E-state index in [0.29, 0.717) is 24.6 Å². The lowest BCUT2D eigenvalue weighted by atomic mass is 10.1. The van der Waals surface area contributed by atoms with E-state index in [1.54, 1.807) is 26.1 Å². The highest BCUT2D eigenvalue weighted by Gasteiger charge is 2.24. The molecule has 0 spiro atoms. The standard InChI is InChI=1S/C16H22N2O3/c1-11(21-10-13-3-4-13)16(20)18-14-7-5-12(6-8-14)9-15(19)17-2/h5-8,11,13H,3-4,9-10H2,1-2H3,(H,17,19)(H,18,20)/t11-/m0/s1. The molecule has 21 heavy (non-hydrogen) atoms. The maximum atomic E-state index is 12.0. The molecule has 1 fully saturated rings. The number of likely N-dealkylation sites (N-methyl/N-ethyl adjacent to an activating group) is 1. The zero-order valence-corrected chi connectivity index (χ0v) is 12.5. The molecule has 1 aromatic carbocycles. The Balaban J connectivity index is 1.80. The molecule has 1 aliphatic rings. The summed E-state index contributed by atoms with van der Waals surface area (Å²) in [6.45, 7) is 2.43. The van der Waals surface area contributed by atoms with E-state index in [-0.39, 0.29) is 11.8 Å². The monoisotopic (exact) mass is 290 g/mol. The van der Waals surface area contributed by atoms with Gasteiger partial charge in [0.2, 0.25) is 5.91 Å². The summed E-state index contributed by atoms with van der Waals surface area (Å²) in [5, 5.41) is 5.39. The first-order valence-electron chi connectivity index (χ1n) is 7.30. The van der Waals surface area contributed by atoms with Crippen molar-refractivity contribution in [2.24, 2.45) is 5.92 Å². The van der Waals surface area contributed by atoms with Crippen LogP contribution in [0, 0.1) is 5.92 Å². The maximum absolute atomic E-state index is 12.0. The maximum Gasteiger partial charge on any atom is 0.253 e. The van der Waals surface area contributed by atoms with Crippen LogP contribution in [0.2, 0.25) is 0 Å². The zero-order valence-electron chi connectivity index (χ0n) is 12.5. The van der Waals surface area contributed by atoms with E-state index in [1.165, 1.54) is 12.8 Å². The molecule has 1 aromatic rings. The highest BCUT2D eigenvalue weighted by Crippen LogP contribution is 2.29. The number of hydrogen-bond donors (Lipinski definition) is 2.